The van der Waals surface area contributed by atoms with Crippen molar-refractivity contribution in [3.8, 4) is 11.4 Å². The molecular formula is C19H17F2N3O3S. The lowest BCUT2D eigenvalue weighted by molar-refractivity contribution is 0.265. The molecule has 1 atom stereocenters. The van der Waals surface area contributed by atoms with Gasteiger partial charge in [0.1, 0.15) is 11.6 Å². The van der Waals surface area contributed by atoms with Gasteiger partial charge >= 0.3 is 0 Å². The van der Waals surface area contributed by atoms with Gasteiger partial charge in [-0.3, -0.25) is 0 Å². The molecule has 0 spiro atoms. The fourth-order valence-electron chi connectivity index (χ4n) is 3.26. The summed E-state index contributed by atoms with van der Waals surface area (Å²) >= 11 is 0. The molecule has 1 fully saturated rings. The van der Waals surface area contributed by atoms with Crippen LogP contribution in [-0.4, -0.2) is 36.0 Å². The summed E-state index contributed by atoms with van der Waals surface area (Å²) < 4.78 is 58.8. The van der Waals surface area contributed by atoms with E-state index in [2.05, 4.69) is 10.1 Å². The van der Waals surface area contributed by atoms with Crippen molar-refractivity contribution in [3.63, 3.8) is 0 Å². The van der Waals surface area contributed by atoms with E-state index in [0.29, 0.717) is 36.7 Å². The van der Waals surface area contributed by atoms with Crippen LogP contribution in [-0.2, 0) is 10.0 Å². The first-order chi connectivity index (χ1) is 13.4. The molecule has 0 aliphatic carbocycles. The number of halogens is 2. The Bertz CT molecular complexity index is 1080. The maximum Gasteiger partial charge on any atom is 0.243 e. The number of aromatic nitrogens is 2. The van der Waals surface area contributed by atoms with Crippen molar-refractivity contribution in [2.24, 2.45) is 0 Å². The molecule has 3 aromatic rings. The minimum absolute atomic E-state index is 0.0781. The van der Waals surface area contributed by atoms with Crippen molar-refractivity contribution < 1.29 is 21.7 Å². The van der Waals surface area contributed by atoms with Gasteiger partial charge in [-0.05, 0) is 55.3 Å². The molecule has 146 valence electrons. The van der Waals surface area contributed by atoms with E-state index < -0.39 is 15.8 Å². The zero-order valence-electron chi connectivity index (χ0n) is 14.8. The van der Waals surface area contributed by atoms with Crippen molar-refractivity contribution >= 4 is 10.0 Å². The van der Waals surface area contributed by atoms with Crippen LogP contribution >= 0.6 is 0 Å². The average molecular weight is 405 g/mol. The Morgan fingerprint density at radius 1 is 1.07 bits per heavy atom. The van der Waals surface area contributed by atoms with Gasteiger partial charge in [-0.25, -0.2) is 17.2 Å². The van der Waals surface area contributed by atoms with Crippen LogP contribution in [0.2, 0.25) is 0 Å². The molecule has 2 aromatic carbocycles. The van der Waals surface area contributed by atoms with Gasteiger partial charge in [0.05, 0.1) is 10.8 Å². The summed E-state index contributed by atoms with van der Waals surface area (Å²) in [6, 6.07) is 10.7. The lowest BCUT2D eigenvalue weighted by Gasteiger charge is -2.30. The van der Waals surface area contributed by atoms with Crippen LogP contribution in [0.25, 0.3) is 11.4 Å². The molecule has 28 heavy (non-hydrogen) atoms. The number of rotatable bonds is 4. The van der Waals surface area contributed by atoms with Crippen LogP contribution in [0.1, 0.15) is 24.7 Å². The van der Waals surface area contributed by atoms with Gasteiger partial charge in [-0.2, -0.15) is 9.29 Å². The van der Waals surface area contributed by atoms with Gasteiger partial charge in [-0.1, -0.05) is 11.2 Å². The van der Waals surface area contributed by atoms with E-state index in [4.69, 9.17) is 4.52 Å². The highest BCUT2D eigenvalue weighted by Gasteiger charge is 2.33. The topological polar surface area (TPSA) is 76.3 Å². The van der Waals surface area contributed by atoms with Crippen LogP contribution in [0.5, 0.6) is 0 Å². The van der Waals surface area contributed by atoms with E-state index >= 15 is 0 Å². The number of hydrogen-bond acceptors (Lipinski definition) is 5. The second kappa shape index (κ2) is 7.40. The summed E-state index contributed by atoms with van der Waals surface area (Å²) in [5.41, 5.74) is 0.608. The first kappa shape index (κ1) is 18.7. The highest BCUT2D eigenvalue weighted by Crippen LogP contribution is 2.30. The zero-order chi connectivity index (χ0) is 19.7. The van der Waals surface area contributed by atoms with Crippen LogP contribution in [0.15, 0.2) is 57.9 Å². The molecular weight excluding hydrogens is 388 g/mol. The van der Waals surface area contributed by atoms with E-state index in [-0.39, 0.29) is 23.2 Å². The van der Waals surface area contributed by atoms with Crippen LogP contribution in [0, 0.1) is 11.6 Å². The number of sulfonamides is 1. The van der Waals surface area contributed by atoms with Gasteiger partial charge < -0.3 is 4.52 Å². The zero-order valence-corrected chi connectivity index (χ0v) is 15.6. The molecule has 0 amide bonds. The molecule has 1 saturated heterocycles. The predicted molar refractivity (Wildman–Crippen MR) is 96.8 cm³/mol. The second-order valence-corrected chi connectivity index (χ2v) is 8.56. The van der Waals surface area contributed by atoms with Crippen LogP contribution in [0.3, 0.4) is 0 Å². The molecule has 9 heteroatoms. The highest BCUT2D eigenvalue weighted by molar-refractivity contribution is 7.89. The Morgan fingerprint density at radius 3 is 2.61 bits per heavy atom. The van der Waals surface area contributed by atoms with Crippen molar-refractivity contribution in [3.05, 3.63) is 66.1 Å². The quantitative estimate of drug-likeness (QED) is 0.663. The van der Waals surface area contributed by atoms with E-state index in [9.17, 15) is 17.2 Å². The van der Waals surface area contributed by atoms with Crippen molar-refractivity contribution in [1.29, 1.82) is 0 Å². The van der Waals surface area contributed by atoms with Gasteiger partial charge in [0, 0.05) is 18.7 Å². The van der Waals surface area contributed by atoms with E-state index in [1.807, 2.05) is 0 Å². The molecule has 0 unspecified atom stereocenters. The minimum Gasteiger partial charge on any atom is -0.339 e. The maximum atomic E-state index is 13.5. The predicted octanol–water partition coefficient (Wildman–Crippen LogP) is 3.58. The third-order valence-corrected chi connectivity index (χ3v) is 6.57. The fraction of sp³-hybridized carbons (Fsp3) is 0.263. The fourth-order valence-corrected chi connectivity index (χ4v) is 4.81. The molecule has 2 heterocycles. The van der Waals surface area contributed by atoms with Crippen LogP contribution < -0.4 is 0 Å². The molecule has 1 aromatic heterocycles. The minimum atomic E-state index is -3.81. The average Bonchev–Trinajstić information content (AvgIpc) is 3.19. The normalized spacial score (nSPS) is 18.3. The molecule has 6 nitrogen and oxygen atoms in total. The van der Waals surface area contributed by atoms with E-state index in [1.165, 1.54) is 34.6 Å². The van der Waals surface area contributed by atoms with Crippen molar-refractivity contribution in [2.75, 3.05) is 13.1 Å². The van der Waals surface area contributed by atoms with Gasteiger partial charge in [0.25, 0.3) is 0 Å². The molecule has 0 bridgehead atoms. The summed E-state index contributed by atoms with van der Waals surface area (Å²) in [5.74, 6) is -0.578. The Hall–Kier alpha value is -2.65. The molecule has 0 saturated carbocycles. The summed E-state index contributed by atoms with van der Waals surface area (Å²) in [6.07, 6.45) is 1.31. The molecule has 0 radical (unpaired) electrons. The van der Waals surface area contributed by atoms with E-state index in [0.717, 1.165) is 6.07 Å². The van der Waals surface area contributed by atoms with Gasteiger partial charge in [0.15, 0.2) is 0 Å². The third kappa shape index (κ3) is 3.67. The molecule has 1 aliphatic rings. The molecule has 4 rings (SSSR count). The number of benzene rings is 2. The number of piperidine rings is 1. The first-order valence-electron chi connectivity index (χ1n) is 8.79. The Kier molecular flexibility index (Phi) is 4.94. The monoisotopic (exact) mass is 405 g/mol. The summed E-state index contributed by atoms with van der Waals surface area (Å²) in [6.45, 7) is 0.512. The Balaban J connectivity index is 1.55. The van der Waals surface area contributed by atoms with Gasteiger partial charge in [-0.15, -0.1) is 0 Å². The number of hydrogen-bond donors (Lipinski definition) is 0. The van der Waals surface area contributed by atoms with Gasteiger partial charge in [0.2, 0.25) is 21.7 Å². The third-order valence-electron chi connectivity index (χ3n) is 4.71. The summed E-state index contributed by atoms with van der Waals surface area (Å²) in [4.78, 5) is 4.28. The molecule has 1 aliphatic heterocycles. The Labute approximate surface area is 160 Å². The van der Waals surface area contributed by atoms with Crippen LogP contribution in [0.4, 0.5) is 8.78 Å². The van der Waals surface area contributed by atoms with Crippen molar-refractivity contribution in [1.82, 2.24) is 14.4 Å². The number of nitrogens with zero attached hydrogens (tertiary/aromatic N) is 3. The first-order valence-corrected chi connectivity index (χ1v) is 10.2. The second-order valence-electron chi connectivity index (χ2n) is 6.62. The lowest BCUT2D eigenvalue weighted by atomic mass is 10.00. The SMILES string of the molecule is O=S(=O)(c1cccc(F)c1)N1CCC[C@@H](c2nc(-c3ccc(F)cc3)no2)C1. The standard InChI is InChI=1S/C19H17F2N3O3S/c20-15-8-6-13(7-9-15)18-22-19(27-23-18)14-3-2-10-24(12-14)28(25,26)17-5-1-4-16(21)11-17/h1,4-9,11,14H,2-3,10,12H2/t14-/m1/s1. The molecule has 0 N–H and O–H groups in total. The largest absolute Gasteiger partial charge is 0.339 e. The smallest absolute Gasteiger partial charge is 0.243 e. The lowest BCUT2D eigenvalue weighted by Crippen LogP contribution is -2.39. The highest BCUT2D eigenvalue weighted by atomic mass is 32.2. The summed E-state index contributed by atoms with van der Waals surface area (Å²) in [5, 5.41) is 3.92. The van der Waals surface area contributed by atoms with Crippen molar-refractivity contribution in [2.45, 2.75) is 23.7 Å². The summed E-state index contributed by atoms with van der Waals surface area (Å²) in [7, 11) is -3.81. The Morgan fingerprint density at radius 2 is 1.86 bits per heavy atom. The van der Waals surface area contributed by atoms with E-state index in [1.54, 1.807) is 12.1 Å². The maximum absolute atomic E-state index is 13.5.